The zero-order chi connectivity index (χ0) is 19.8. The summed E-state index contributed by atoms with van der Waals surface area (Å²) in [5.74, 6) is 0.0795. The first kappa shape index (κ1) is 20.2. The van der Waals surface area contributed by atoms with Crippen LogP contribution in [0.5, 0.6) is 11.5 Å². The van der Waals surface area contributed by atoms with Crippen molar-refractivity contribution in [1.29, 1.82) is 0 Å². The molecular formula is C19H23FN3O4+. The molecule has 0 aliphatic rings. The second-order valence-corrected chi connectivity index (χ2v) is 5.99. The quantitative estimate of drug-likeness (QED) is 0.640. The Hall–Kier alpha value is -3.13. The van der Waals surface area contributed by atoms with Gasteiger partial charge in [-0.1, -0.05) is 6.07 Å². The van der Waals surface area contributed by atoms with Gasteiger partial charge in [-0.2, -0.15) is 0 Å². The standard InChI is InChI=1S/C19H22FN3O4/c1-23(11-18(24)21-14-6-4-5-13(20)9-14)12-19(25)22-15-7-8-16(26-2)17(10-15)27-3/h4-10H,11-12H2,1-3H3,(H,21,24)(H,22,25)/p+1. The summed E-state index contributed by atoms with van der Waals surface area (Å²) in [6.07, 6.45) is 0. The van der Waals surface area contributed by atoms with Crippen LogP contribution in [0.1, 0.15) is 0 Å². The fourth-order valence-corrected chi connectivity index (χ4v) is 2.50. The van der Waals surface area contributed by atoms with Gasteiger partial charge < -0.3 is 25.0 Å². The molecule has 0 fully saturated rings. The minimum atomic E-state index is -0.428. The van der Waals surface area contributed by atoms with Crippen LogP contribution in [-0.2, 0) is 9.59 Å². The van der Waals surface area contributed by atoms with E-state index in [0.29, 0.717) is 27.8 Å². The number of carbonyl (C=O) groups is 2. The summed E-state index contributed by atoms with van der Waals surface area (Å²) in [6, 6.07) is 10.7. The van der Waals surface area contributed by atoms with E-state index in [1.54, 1.807) is 31.3 Å². The minimum absolute atomic E-state index is 0.0653. The molecule has 7 nitrogen and oxygen atoms in total. The Labute approximate surface area is 157 Å². The van der Waals surface area contributed by atoms with Gasteiger partial charge in [0.25, 0.3) is 11.8 Å². The average Bonchev–Trinajstić information content (AvgIpc) is 2.61. The smallest absolute Gasteiger partial charge is 0.279 e. The maximum absolute atomic E-state index is 13.1. The van der Waals surface area contributed by atoms with Gasteiger partial charge in [0.1, 0.15) is 5.82 Å². The number of hydrogen-bond acceptors (Lipinski definition) is 4. The number of halogens is 1. The van der Waals surface area contributed by atoms with Gasteiger partial charge in [0.2, 0.25) is 0 Å². The highest BCUT2D eigenvalue weighted by atomic mass is 19.1. The van der Waals surface area contributed by atoms with Gasteiger partial charge in [-0.25, -0.2) is 4.39 Å². The van der Waals surface area contributed by atoms with Crippen LogP contribution >= 0.6 is 0 Å². The molecule has 27 heavy (non-hydrogen) atoms. The highest BCUT2D eigenvalue weighted by molar-refractivity contribution is 5.93. The molecular weight excluding hydrogens is 353 g/mol. The Kier molecular flexibility index (Phi) is 7.13. The molecule has 0 aliphatic heterocycles. The first-order valence-corrected chi connectivity index (χ1v) is 8.30. The summed E-state index contributed by atoms with van der Waals surface area (Å²) >= 11 is 0. The fourth-order valence-electron chi connectivity index (χ4n) is 2.50. The number of ether oxygens (including phenoxy) is 2. The van der Waals surface area contributed by atoms with Gasteiger partial charge in [-0.3, -0.25) is 9.59 Å². The second-order valence-electron chi connectivity index (χ2n) is 5.99. The zero-order valence-electron chi connectivity index (χ0n) is 15.5. The van der Waals surface area contributed by atoms with E-state index in [-0.39, 0.29) is 24.9 Å². The van der Waals surface area contributed by atoms with Crippen molar-refractivity contribution in [2.24, 2.45) is 0 Å². The van der Waals surface area contributed by atoms with E-state index in [0.717, 1.165) is 0 Å². The zero-order valence-corrected chi connectivity index (χ0v) is 15.5. The Balaban J connectivity index is 1.85. The molecule has 3 N–H and O–H groups in total. The van der Waals surface area contributed by atoms with E-state index >= 15 is 0 Å². The van der Waals surface area contributed by atoms with E-state index in [1.165, 1.54) is 32.4 Å². The number of likely N-dealkylation sites (N-methyl/N-ethyl adjacent to an activating group) is 1. The van der Waals surface area contributed by atoms with Crippen LogP contribution in [0, 0.1) is 5.82 Å². The van der Waals surface area contributed by atoms with E-state index in [9.17, 15) is 14.0 Å². The molecule has 1 unspecified atom stereocenters. The Bertz CT molecular complexity index is 813. The number of nitrogens with one attached hydrogen (secondary N) is 3. The van der Waals surface area contributed by atoms with Crippen LogP contribution in [-0.4, -0.2) is 46.2 Å². The van der Waals surface area contributed by atoms with Gasteiger partial charge in [0.05, 0.1) is 21.3 Å². The van der Waals surface area contributed by atoms with Crippen LogP contribution < -0.4 is 25.0 Å². The van der Waals surface area contributed by atoms with Crippen LogP contribution in [0.25, 0.3) is 0 Å². The van der Waals surface area contributed by atoms with Gasteiger partial charge >= 0.3 is 0 Å². The molecule has 0 aliphatic carbocycles. The van der Waals surface area contributed by atoms with Gasteiger partial charge in [0, 0.05) is 17.4 Å². The number of carbonyl (C=O) groups excluding carboxylic acids is 2. The summed E-state index contributed by atoms with van der Waals surface area (Å²) in [5, 5.41) is 5.36. The number of hydrogen-bond donors (Lipinski definition) is 3. The molecule has 0 aromatic heterocycles. The van der Waals surface area contributed by atoms with Crippen molar-refractivity contribution in [3.63, 3.8) is 0 Å². The van der Waals surface area contributed by atoms with Crippen molar-refractivity contribution in [2.75, 3.05) is 45.0 Å². The van der Waals surface area contributed by atoms with E-state index < -0.39 is 5.82 Å². The second kappa shape index (κ2) is 9.54. The summed E-state index contributed by atoms with van der Waals surface area (Å²) in [6.45, 7) is 0.154. The largest absolute Gasteiger partial charge is 0.493 e. The van der Waals surface area contributed by atoms with Crippen molar-refractivity contribution in [1.82, 2.24) is 0 Å². The van der Waals surface area contributed by atoms with Crippen molar-refractivity contribution in [2.45, 2.75) is 0 Å². The predicted molar refractivity (Wildman–Crippen MR) is 99.8 cm³/mol. The van der Waals surface area contributed by atoms with E-state index in [1.807, 2.05) is 0 Å². The summed E-state index contributed by atoms with van der Waals surface area (Å²) in [5.41, 5.74) is 0.942. The maximum atomic E-state index is 13.1. The van der Waals surface area contributed by atoms with Crippen LogP contribution in [0.3, 0.4) is 0 Å². The third-order valence-corrected chi connectivity index (χ3v) is 3.70. The topological polar surface area (TPSA) is 81.1 Å². The summed E-state index contributed by atoms with van der Waals surface area (Å²) in [4.78, 5) is 24.9. The molecule has 2 aromatic carbocycles. The van der Waals surface area contributed by atoms with Crippen molar-refractivity contribution in [3.05, 3.63) is 48.3 Å². The number of rotatable bonds is 8. The lowest BCUT2D eigenvalue weighted by molar-refractivity contribution is -0.862. The van der Waals surface area contributed by atoms with E-state index in [2.05, 4.69) is 10.6 Å². The Morgan fingerprint density at radius 3 is 2.07 bits per heavy atom. The molecule has 2 amide bonds. The summed E-state index contributed by atoms with van der Waals surface area (Å²) in [7, 11) is 4.77. The van der Waals surface area contributed by atoms with Crippen molar-refractivity contribution >= 4 is 23.2 Å². The molecule has 0 heterocycles. The van der Waals surface area contributed by atoms with Crippen molar-refractivity contribution < 1.29 is 28.4 Å². The number of anilines is 2. The number of methoxy groups -OCH3 is 2. The molecule has 0 radical (unpaired) electrons. The third-order valence-electron chi connectivity index (χ3n) is 3.70. The molecule has 144 valence electrons. The van der Waals surface area contributed by atoms with Gasteiger partial charge in [-0.15, -0.1) is 0 Å². The maximum Gasteiger partial charge on any atom is 0.279 e. The molecule has 0 saturated carbocycles. The number of quaternary nitrogens is 1. The van der Waals surface area contributed by atoms with Crippen LogP contribution in [0.15, 0.2) is 42.5 Å². The number of amides is 2. The molecule has 1 atom stereocenters. The molecule has 8 heteroatoms. The van der Waals surface area contributed by atoms with Crippen LogP contribution in [0.2, 0.25) is 0 Å². The number of benzene rings is 2. The van der Waals surface area contributed by atoms with Gasteiger partial charge in [-0.05, 0) is 30.3 Å². The lowest BCUT2D eigenvalue weighted by atomic mass is 10.2. The Morgan fingerprint density at radius 1 is 0.926 bits per heavy atom. The molecule has 0 bridgehead atoms. The molecule has 2 aromatic rings. The molecule has 0 saturated heterocycles. The molecule has 0 spiro atoms. The van der Waals surface area contributed by atoms with Crippen LogP contribution in [0.4, 0.5) is 15.8 Å². The van der Waals surface area contributed by atoms with E-state index in [4.69, 9.17) is 9.47 Å². The monoisotopic (exact) mass is 376 g/mol. The minimum Gasteiger partial charge on any atom is -0.493 e. The Morgan fingerprint density at radius 2 is 1.52 bits per heavy atom. The highest BCUT2D eigenvalue weighted by Gasteiger charge is 2.15. The highest BCUT2D eigenvalue weighted by Crippen LogP contribution is 2.29. The lowest BCUT2D eigenvalue weighted by Crippen LogP contribution is -3.11. The van der Waals surface area contributed by atoms with Crippen molar-refractivity contribution in [3.8, 4) is 11.5 Å². The predicted octanol–water partition coefficient (Wildman–Crippen LogP) is 0.935. The average molecular weight is 376 g/mol. The first-order chi connectivity index (χ1) is 12.9. The first-order valence-electron chi connectivity index (χ1n) is 8.30. The summed E-state index contributed by atoms with van der Waals surface area (Å²) < 4.78 is 23.5. The normalized spacial score (nSPS) is 11.4. The third kappa shape index (κ3) is 6.27. The fraction of sp³-hybridized carbons (Fsp3) is 0.263. The van der Waals surface area contributed by atoms with Gasteiger partial charge in [0.15, 0.2) is 24.6 Å². The molecule has 2 rings (SSSR count). The lowest BCUT2D eigenvalue weighted by Gasteiger charge is -2.14. The SMILES string of the molecule is COc1ccc(NC(=O)C[NH+](C)CC(=O)Nc2cccc(F)c2)cc1OC.